The van der Waals surface area contributed by atoms with E-state index in [-0.39, 0.29) is 0 Å². The minimum atomic E-state index is -1.79. The van der Waals surface area contributed by atoms with Gasteiger partial charge in [-0.05, 0) is 30.2 Å². The van der Waals surface area contributed by atoms with Crippen LogP contribution in [0.1, 0.15) is 34.6 Å². The second-order valence-corrected chi connectivity index (χ2v) is 14.3. The van der Waals surface area contributed by atoms with Crippen molar-refractivity contribution in [3.05, 3.63) is 0 Å². The molecule has 0 aliphatic carbocycles. The molecule has 0 radical (unpaired) electrons. The van der Waals surface area contributed by atoms with E-state index in [2.05, 4.69) is 34.6 Å². The molecular weight excluding hydrogens is 236 g/mol. The first-order chi connectivity index (χ1) is 7.07. The second kappa shape index (κ2) is 7.01. The predicted molar refractivity (Wildman–Crippen MR) is 76.0 cm³/mol. The van der Waals surface area contributed by atoms with E-state index in [9.17, 15) is 0 Å². The molecule has 92 valence electrons. The molecule has 0 atom stereocenters. The average molecular weight is 265 g/mol. The van der Waals surface area contributed by atoms with E-state index < -0.39 is 16.9 Å². The predicted octanol–water partition coefficient (Wildman–Crippen LogP) is 2.79. The summed E-state index contributed by atoms with van der Waals surface area (Å²) in [7, 11) is -2.42. The Bertz CT molecular complexity index is 134. The molecular formula is C10H28O2Si3. The smallest absolute Gasteiger partial charge is 0.316 e. The molecule has 0 unspecified atom stereocenters. The third kappa shape index (κ3) is 3.81. The zero-order chi connectivity index (χ0) is 11.9. The highest BCUT2D eigenvalue weighted by atomic mass is 28.5. The van der Waals surface area contributed by atoms with Gasteiger partial charge in [0.1, 0.15) is 10.5 Å². The summed E-state index contributed by atoms with van der Waals surface area (Å²) >= 11 is 0. The maximum absolute atomic E-state index is 6.61. The Morgan fingerprint density at radius 3 is 1.40 bits per heavy atom. The zero-order valence-electron chi connectivity index (χ0n) is 11.4. The molecule has 0 fully saturated rings. The number of rotatable bonds is 8. The molecule has 2 nitrogen and oxygen atoms in total. The maximum atomic E-state index is 6.61. The van der Waals surface area contributed by atoms with Gasteiger partial charge < -0.3 is 8.23 Å². The third-order valence-corrected chi connectivity index (χ3v) is 16.0. The van der Waals surface area contributed by atoms with Gasteiger partial charge in [0, 0.05) is 0 Å². The van der Waals surface area contributed by atoms with Crippen molar-refractivity contribution in [1.29, 1.82) is 0 Å². The van der Waals surface area contributed by atoms with E-state index in [4.69, 9.17) is 8.23 Å². The Morgan fingerprint density at radius 1 is 0.800 bits per heavy atom. The highest BCUT2D eigenvalue weighted by molar-refractivity contribution is 6.85. The zero-order valence-corrected chi connectivity index (χ0v) is 15.4. The van der Waals surface area contributed by atoms with Gasteiger partial charge in [-0.2, -0.15) is 0 Å². The van der Waals surface area contributed by atoms with Crippen molar-refractivity contribution in [2.75, 3.05) is 0 Å². The molecule has 0 spiro atoms. The summed E-state index contributed by atoms with van der Waals surface area (Å²) in [5.74, 6) is 0. The molecule has 0 N–H and O–H groups in total. The Balaban J connectivity index is 4.74. The lowest BCUT2D eigenvalue weighted by Gasteiger charge is -2.39. The summed E-state index contributed by atoms with van der Waals surface area (Å²) in [5.41, 5.74) is 0. The van der Waals surface area contributed by atoms with Gasteiger partial charge >= 0.3 is 8.56 Å². The molecule has 0 aliphatic heterocycles. The lowest BCUT2D eigenvalue weighted by molar-refractivity contribution is 0.388. The second-order valence-electron chi connectivity index (χ2n) is 4.17. The summed E-state index contributed by atoms with van der Waals surface area (Å²) in [6.07, 6.45) is 0. The van der Waals surface area contributed by atoms with Gasteiger partial charge in [0.15, 0.2) is 8.32 Å². The summed E-state index contributed by atoms with van der Waals surface area (Å²) in [6, 6.07) is 5.93. The Hall–Kier alpha value is 0.571. The first kappa shape index (κ1) is 15.6. The SMILES string of the molecule is CC[Si](CC)(CC)O[Si](CC)(CC)O[SiH3]. The Labute approximate surface area is 101 Å². The molecule has 0 aliphatic rings. The summed E-state index contributed by atoms with van der Waals surface area (Å²) in [5, 5.41) is 0. The summed E-state index contributed by atoms with van der Waals surface area (Å²) in [4.78, 5) is 0. The van der Waals surface area contributed by atoms with Gasteiger partial charge in [-0.3, -0.25) is 0 Å². The van der Waals surface area contributed by atoms with E-state index in [0.29, 0.717) is 0 Å². The first-order valence-electron chi connectivity index (χ1n) is 6.32. The van der Waals surface area contributed by atoms with Gasteiger partial charge in [-0.15, -0.1) is 0 Å². The van der Waals surface area contributed by atoms with Crippen LogP contribution in [-0.4, -0.2) is 27.4 Å². The minimum absolute atomic E-state index is 0.825. The quantitative estimate of drug-likeness (QED) is 0.628. The lowest BCUT2D eigenvalue weighted by atomic mass is 10.9. The normalized spacial score (nSPS) is 13.4. The minimum Gasteiger partial charge on any atom is -0.445 e. The summed E-state index contributed by atoms with van der Waals surface area (Å²) < 4.78 is 12.5. The molecule has 0 saturated carbocycles. The molecule has 0 heterocycles. The van der Waals surface area contributed by atoms with Crippen molar-refractivity contribution >= 4 is 27.4 Å². The van der Waals surface area contributed by atoms with Crippen molar-refractivity contribution in [3.63, 3.8) is 0 Å². The fraction of sp³-hybridized carbons (Fsp3) is 1.00. The molecule has 5 heteroatoms. The summed E-state index contributed by atoms with van der Waals surface area (Å²) in [6.45, 7) is 11.3. The van der Waals surface area contributed by atoms with Crippen molar-refractivity contribution in [2.45, 2.75) is 64.8 Å². The van der Waals surface area contributed by atoms with Crippen LogP contribution >= 0.6 is 0 Å². The van der Waals surface area contributed by atoms with E-state index >= 15 is 0 Å². The molecule has 0 saturated heterocycles. The highest BCUT2D eigenvalue weighted by Crippen LogP contribution is 2.29. The van der Waals surface area contributed by atoms with Gasteiger partial charge in [0.2, 0.25) is 0 Å². The third-order valence-electron chi connectivity index (χ3n) is 3.78. The van der Waals surface area contributed by atoms with Crippen LogP contribution in [0.5, 0.6) is 0 Å². The Morgan fingerprint density at radius 2 is 1.20 bits per heavy atom. The molecule has 0 amide bonds. The van der Waals surface area contributed by atoms with Crippen LogP contribution in [0.3, 0.4) is 0 Å². The highest BCUT2D eigenvalue weighted by Gasteiger charge is 2.41. The Kier molecular flexibility index (Phi) is 7.27. The molecule has 0 bridgehead atoms. The average Bonchev–Trinajstić information content (AvgIpc) is 2.33. The fourth-order valence-corrected chi connectivity index (χ4v) is 13.5. The van der Waals surface area contributed by atoms with Crippen LogP contribution in [0.15, 0.2) is 0 Å². The monoisotopic (exact) mass is 264 g/mol. The molecule has 15 heavy (non-hydrogen) atoms. The molecule has 0 aromatic heterocycles. The van der Waals surface area contributed by atoms with Crippen LogP contribution in [0, 0.1) is 0 Å². The van der Waals surface area contributed by atoms with Crippen LogP contribution in [0.2, 0.25) is 30.2 Å². The standard InChI is InChI=1S/C10H28O2Si3/c1-6-14(7-2,8-3)12-15(9-4,10-5)11-13/h6-10H2,1-5,13H3. The number of hydrogen-bond acceptors (Lipinski definition) is 2. The van der Waals surface area contributed by atoms with Crippen molar-refractivity contribution < 1.29 is 8.23 Å². The van der Waals surface area contributed by atoms with Gasteiger partial charge in [0.05, 0.1) is 0 Å². The number of hydrogen-bond donors (Lipinski definition) is 0. The van der Waals surface area contributed by atoms with Crippen LogP contribution in [0.25, 0.3) is 0 Å². The van der Waals surface area contributed by atoms with Crippen LogP contribution < -0.4 is 0 Å². The lowest BCUT2D eigenvalue weighted by Crippen LogP contribution is -2.51. The maximum Gasteiger partial charge on any atom is 0.316 e. The molecule has 0 aromatic carbocycles. The van der Waals surface area contributed by atoms with E-state index in [0.717, 1.165) is 22.6 Å². The van der Waals surface area contributed by atoms with Crippen molar-refractivity contribution in [2.24, 2.45) is 0 Å². The van der Waals surface area contributed by atoms with Crippen LogP contribution in [0.4, 0.5) is 0 Å². The van der Waals surface area contributed by atoms with E-state index in [1.54, 1.807) is 0 Å². The largest absolute Gasteiger partial charge is 0.445 e. The fourth-order valence-electron chi connectivity index (χ4n) is 2.09. The van der Waals surface area contributed by atoms with Crippen LogP contribution in [-0.2, 0) is 8.23 Å². The van der Waals surface area contributed by atoms with E-state index in [1.807, 2.05) is 0 Å². The first-order valence-corrected chi connectivity index (χ1v) is 11.9. The molecule has 0 aromatic rings. The van der Waals surface area contributed by atoms with Crippen molar-refractivity contribution in [3.8, 4) is 0 Å². The van der Waals surface area contributed by atoms with E-state index in [1.165, 1.54) is 18.1 Å². The molecule has 0 rings (SSSR count). The topological polar surface area (TPSA) is 18.5 Å². The van der Waals surface area contributed by atoms with Gasteiger partial charge in [0.25, 0.3) is 0 Å². The van der Waals surface area contributed by atoms with Crippen molar-refractivity contribution in [1.82, 2.24) is 0 Å². The van der Waals surface area contributed by atoms with Gasteiger partial charge in [-0.25, -0.2) is 0 Å². The van der Waals surface area contributed by atoms with Gasteiger partial charge in [-0.1, -0.05) is 34.6 Å².